The van der Waals surface area contributed by atoms with Crippen LogP contribution >= 0.6 is 0 Å². The van der Waals surface area contributed by atoms with Crippen molar-refractivity contribution in [2.24, 2.45) is 5.92 Å². The SMILES string of the molecule is CC1CCC2(CC1)OCC(C(=O)O)N2C(=O)c1cccc2ccccc12. The summed E-state index contributed by atoms with van der Waals surface area (Å²) in [4.78, 5) is 26.9. The van der Waals surface area contributed by atoms with E-state index in [9.17, 15) is 14.7 Å². The van der Waals surface area contributed by atoms with Crippen LogP contribution in [0.15, 0.2) is 42.5 Å². The number of carbonyl (C=O) groups excluding carboxylic acids is 1. The maximum atomic E-state index is 13.5. The molecule has 1 aliphatic carbocycles. The molecule has 4 rings (SSSR count). The van der Waals surface area contributed by atoms with Gasteiger partial charge >= 0.3 is 5.97 Å². The second-order valence-electron chi connectivity index (χ2n) is 7.50. The monoisotopic (exact) mass is 353 g/mol. The fourth-order valence-electron chi connectivity index (χ4n) is 4.31. The Labute approximate surface area is 152 Å². The van der Waals surface area contributed by atoms with Crippen LogP contribution in [0.3, 0.4) is 0 Å². The Morgan fingerprint density at radius 1 is 1.12 bits per heavy atom. The summed E-state index contributed by atoms with van der Waals surface area (Å²) in [6.07, 6.45) is 3.25. The number of fused-ring (bicyclic) bond motifs is 1. The lowest BCUT2D eigenvalue weighted by atomic mass is 9.83. The molecule has 0 aromatic heterocycles. The van der Waals surface area contributed by atoms with E-state index in [1.807, 2.05) is 36.4 Å². The van der Waals surface area contributed by atoms with Gasteiger partial charge < -0.3 is 9.84 Å². The molecule has 1 saturated carbocycles. The number of carbonyl (C=O) groups is 2. The zero-order valence-electron chi connectivity index (χ0n) is 14.9. The van der Waals surface area contributed by atoms with Gasteiger partial charge in [0.25, 0.3) is 5.91 Å². The molecule has 2 aromatic carbocycles. The molecule has 1 aliphatic heterocycles. The molecule has 26 heavy (non-hydrogen) atoms. The number of rotatable bonds is 2. The number of benzene rings is 2. The Morgan fingerprint density at radius 2 is 1.81 bits per heavy atom. The van der Waals surface area contributed by atoms with Gasteiger partial charge in [0, 0.05) is 5.56 Å². The van der Waals surface area contributed by atoms with Crippen LogP contribution in [0.5, 0.6) is 0 Å². The summed E-state index contributed by atoms with van der Waals surface area (Å²) in [6, 6.07) is 12.3. The van der Waals surface area contributed by atoms with Crippen molar-refractivity contribution >= 4 is 22.6 Å². The highest BCUT2D eigenvalue weighted by molar-refractivity contribution is 6.08. The summed E-state index contributed by atoms with van der Waals surface area (Å²) in [7, 11) is 0. The van der Waals surface area contributed by atoms with E-state index in [0.29, 0.717) is 24.3 Å². The van der Waals surface area contributed by atoms with Crippen molar-refractivity contribution in [1.29, 1.82) is 0 Å². The van der Waals surface area contributed by atoms with Crippen LogP contribution in [0.2, 0.25) is 0 Å². The molecule has 0 bridgehead atoms. The average molecular weight is 353 g/mol. The molecule has 1 amide bonds. The Balaban J connectivity index is 1.78. The normalized spacial score (nSPS) is 28.6. The van der Waals surface area contributed by atoms with Crippen LogP contribution in [-0.2, 0) is 9.53 Å². The number of amides is 1. The number of carboxylic acids is 1. The van der Waals surface area contributed by atoms with E-state index in [2.05, 4.69) is 6.92 Å². The molecular weight excluding hydrogens is 330 g/mol. The lowest BCUT2D eigenvalue weighted by molar-refractivity contribution is -0.143. The summed E-state index contributed by atoms with van der Waals surface area (Å²) in [6.45, 7) is 2.24. The first kappa shape index (κ1) is 17.0. The minimum atomic E-state index is -1.01. The van der Waals surface area contributed by atoms with E-state index >= 15 is 0 Å². The molecule has 5 heteroatoms. The van der Waals surface area contributed by atoms with Crippen LogP contribution in [0.4, 0.5) is 0 Å². The molecule has 1 atom stereocenters. The van der Waals surface area contributed by atoms with E-state index in [-0.39, 0.29) is 12.5 Å². The molecule has 1 heterocycles. The van der Waals surface area contributed by atoms with Crippen LogP contribution < -0.4 is 0 Å². The molecule has 1 saturated heterocycles. The summed E-state index contributed by atoms with van der Waals surface area (Å²) in [5.41, 5.74) is -0.248. The van der Waals surface area contributed by atoms with Crippen molar-refractivity contribution < 1.29 is 19.4 Å². The fraction of sp³-hybridized carbons (Fsp3) is 0.429. The van der Waals surface area contributed by atoms with Crippen molar-refractivity contribution in [2.75, 3.05) is 6.61 Å². The van der Waals surface area contributed by atoms with Crippen molar-refractivity contribution in [3.63, 3.8) is 0 Å². The zero-order valence-corrected chi connectivity index (χ0v) is 14.9. The Hall–Kier alpha value is -2.40. The molecule has 136 valence electrons. The molecule has 2 aliphatic rings. The number of hydrogen-bond acceptors (Lipinski definition) is 3. The summed E-state index contributed by atoms with van der Waals surface area (Å²) in [5, 5.41) is 11.5. The van der Waals surface area contributed by atoms with Gasteiger partial charge in [-0.3, -0.25) is 9.69 Å². The van der Waals surface area contributed by atoms with Gasteiger partial charge in [0.2, 0.25) is 0 Å². The largest absolute Gasteiger partial charge is 0.480 e. The summed E-state index contributed by atoms with van der Waals surface area (Å²) >= 11 is 0. The molecule has 1 N–H and O–H groups in total. The minimum Gasteiger partial charge on any atom is -0.480 e. The quantitative estimate of drug-likeness (QED) is 0.894. The topological polar surface area (TPSA) is 66.8 Å². The highest BCUT2D eigenvalue weighted by Crippen LogP contribution is 2.43. The van der Waals surface area contributed by atoms with Crippen molar-refractivity contribution in [3.05, 3.63) is 48.0 Å². The molecule has 1 unspecified atom stereocenters. The minimum absolute atomic E-state index is 0.0558. The summed E-state index contributed by atoms with van der Waals surface area (Å²) < 4.78 is 6.00. The number of hydrogen-bond donors (Lipinski definition) is 1. The number of ether oxygens (including phenoxy) is 1. The standard InChI is InChI=1S/C21H23NO4/c1-14-9-11-21(12-10-14)22(18(13-26-21)20(24)25)19(23)17-8-4-6-15-5-2-3-7-16(15)17/h2-8,14,18H,9-13H2,1H3,(H,24,25). The van der Waals surface area contributed by atoms with Crippen LogP contribution in [0.1, 0.15) is 43.0 Å². The third-order valence-electron chi connectivity index (χ3n) is 5.84. The Morgan fingerprint density at radius 3 is 2.54 bits per heavy atom. The van der Waals surface area contributed by atoms with Crippen molar-refractivity contribution in [3.8, 4) is 0 Å². The number of nitrogens with zero attached hydrogens (tertiary/aromatic N) is 1. The van der Waals surface area contributed by atoms with Gasteiger partial charge in [-0.15, -0.1) is 0 Å². The first-order valence-electron chi connectivity index (χ1n) is 9.20. The van der Waals surface area contributed by atoms with Gasteiger partial charge in [-0.2, -0.15) is 0 Å². The van der Waals surface area contributed by atoms with E-state index in [1.165, 1.54) is 4.90 Å². The molecular formula is C21H23NO4. The third-order valence-corrected chi connectivity index (χ3v) is 5.84. The van der Waals surface area contributed by atoms with Gasteiger partial charge in [-0.05, 0) is 48.4 Å². The Bertz CT molecular complexity index is 849. The molecule has 5 nitrogen and oxygen atoms in total. The highest BCUT2D eigenvalue weighted by atomic mass is 16.5. The van der Waals surface area contributed by atoms with E-state index in [4.69, 9.17) is 4.74 Å². The maximum Gasteiger partial charge on any atom is 0.328 e. The second kappa shape index (κ2) is 6.40. The van der Waals surface area contributed by atoms with Crippen LogP contribution in [0, 0.1) is 5.92 Å². The van der Waals surface area contributed by atoms with E-state index in [1.54, 1.807) is 6.07 Å². The van der Waals surface area contributed by atoms with Crippen molar-refractivity contribution in [2.45, 2.75) is 44.4 Å². The van der Waals surface area contributed by atoms with E-state index in [0.717, 1.165) is 23.6 Å². The first-order chi connectivity index (χ1) is 12.5. The molecule has 2 fully saturated rings. The average Bonchev–Trinajstić information content (AvgIpc) is 3.02. The van der Waals surface area contributed by atoms with E-state index < -0.39 is 17.7 Å². The van der Waals surface area contributed by atoms with Gasteiger partial charge in [-0.25, -0.2) is 4.79 Å². The lowest BCUT2D eigenvalue weighted by Gasteiger charge is -2.42. The highest BCUT2D eigenvalue weighted by Gasteiger charge is 2.53. The number of carboxylic acid groups (broad SMARTS) is 1. The third kappa shape index (κ3) is 2.67. The van der Waals surface area contributed by atoms with Gasteiger partial charge in [0.1, 0.15) is 5.72 Å². The Kier molecular flexibility index (Phi) is 4.19. The number of aliphatic carboxylic acids is 1. The molecule has 0 radical (unpaired) electrons. The smallest absolute Gasteiger partial charge is 0.328 e. The second-order valence-corrected chi connectivity index (χ2v) is 7.50. The predicted octanol–water partition coefficient (Wildman–Crippen LogP) is 3.67. The zero-order chi connectivity index (χ0) is 18.3. The van der Waals surface area contributed by atoms with Gasteiger partial charge in [0.15, 0.2) is 6.04 Å². The maximum absolute atomic E-state index is 13.5. The first-order valence-corrected chi connectivity index (χ1v) is 9.20. The molecule has 2 aromatic rings. The van der Waals surface area contributed by atoms with Crippen LogP contribution in [0.25, 0.3) is 10.8 Å². The fourth-order valence-corrected chi connectivity index (χ4v) is 4.31. The van der Waals surface area contributed by atoms with Gasteiger partial charge in [-0.1, -0.05) is 43.3 Å². The predicted molar refractivity (Wildman–Crippen MR) is 97.9 cm³/mol. The molecule has 1 spiro atoms. The summed E-state index contributed by atoms with van der Waals surface area (Å²) in [5.74, 6) is -0.682. The van der Waals surface area contributed by atoms with Gasteiger partial charge in [0.05, 0.1) is 6.61 Å². The lowest BCUT2D eigenvalue weighted by Crippen LogP contribution is -2.55. The van der Waals surface area contributed by atoms with Crippen LogP contribution in [-0.4, -0.2) is 40.3 Å². The van der Waals surface area contributed by atoms with Crippen molar-refractivity contribution in [1.82, 2.24) is 4.90 Å².